The summed E-state index contributed by atoms with van der Waals surface area (Å²) in [5, 5.41) is -0.236. The smallest absolute Gasteiger partial charge is 0.403 e. The van der Waals surface area contributed by atoms with Crippen molar-refractivity contribution in [3.05, 3.63) is 29.3 Å². The van der Waals surface area contributed by atoms with Crippen LogP contribution in [0.15, 0.2) is 12.1 Å². The van der Waals surface area contributed by atoms with E-state index >= 15 is 0 Å². The number of hydrogen-bond acceptors (Lipinski definition) is 1. The molecule has 0 spiro atoms. The number of alkyl halides is 4. The maximum absolute atomic E-state index is 13.2. The highest BCUT2D eigenvalue weighted by Gasteiger charge is 2.33. The molecule has 0 radical (unpaired) electrons. The Balaban J connectivity index is 3.11. The van der Waals surface area contributed by atoms with E-state index in [2.05, 4.69) is 20.7 Å². The molecule has 0 saturated carbocycles. The van der Waals surface area contributed by atoms with Gasteiger partial charge in [-0.2, -0.15) is 0 Å². The van der Waals surface area contributed by atoms with Gasteiger partial charge in [0.25, 0.3) is 0 Å². The minimum absolute atomic E-state index is 0.236. The molecule has 15 heavy (non-hydrogen) atoms. The van der Waals surface area contributed by atoms with Crippen molar-refractivity contribution >= 4 is 15.9 Å². The normalized spacial score (nSPS) is 11.6. The van der Waals surface area contributed by atoms with E-state index in [4.69, 9.17) is 0 Å². The summed E-state index contributed by atoms with van der Waals surface area (Å²) in [7, 11) is 0. The minimum atomic E-state index is -5.00. The third kappa shape index (κ3) is 3.05. The molecule has 0 atom stereocenters. The molecule has 0 aliphatic rings. The number of ether oxygens (including phenoxy) is 1. The van der Waals surface area contributed by atoms with Crippen molar-refractivity contribution in [3.63, 3.8) is 0 Å². The van der Waals surface area contributed by atoms with Crippen LogP contribution in [-0.4, -0.2) is 6.36 Å². The summed E-state index contributed by atoms with van der Waals surface area (Å²) in [6, 6.07) is 1.30. The quantitative estimate of drug-likeness (QED) is 0.595. The summed E-state index contributed by atoms with van der Waals surface area (Å²) in [6.07, 6.45) is -5.00. The van der Waals surface area contributed by atoms with Crippen LogP contribution >= 0.6 is 15.9 Å². The highest BCUT2D eigenvalue weighted by atomic mass is 79.9. The van der Waals surface area contributed by atoms with Crippen LogP contribution in [0.2, 0.25) is 0 Å². The molecule has 1 rings (SSSR count). The van der Waals surface area contributed by atoms with Gasteiger partial charge >= 0.3 is 6.36 Å². The highest BCUT2D eigenvalue weighted by molar-refractivity contribution is 9.08. The van der Waals surface area contributed by atoms with Crippen LogP contribution in [0.1, 0.15) is 5.56 Å². The third-order valence-electron chi connectivity index (χ3n) is 1.51. The maximum atomic E-state index is 13.2. The van der Waals surface area contributed by atoms with Crippen molar-refractivity contribution in [2.24, 2.45) is 0 Å². The molecule has 0 saturated heterocycles. The van der Waals surface area contributed by atoms with E-state index in [1.54, 1.807) is 0 Å². The van der Waals surface area contributed by atoms with Gasteiger partial charge in [-0.1, -0.05) is 15.9 Å². The lowest BCUT2D eigenvalue weighted by Crippen LogP contribution is -2.18. The second-order valence-corrected chi connectivity index (χ2v) is 3.08. The fraction of sp³-hybridized carbons (Fsp3) is 0.250. The van der Waals surface area contributed by atoms with Crippen molar-refractivity contribution in [2.75, 3.05) is 0 Å². The van der Waals surface area contributed by atoms with E-state index in [1.165, 1.54) is 0 Å². The number of hydrogen-bond donors (Lipinski definition) is 0. The Morgan fingerprint density at radius 1 is 1.20 bits per heavy atom. The highest BCUT2D eigenvalue weighted by Crippen LogP contribution is 2.29. The lowest BCUT2D eigenvalue weighted by atomic mass is 10.2. The van der Waals surface area contributed by atoms with Gasteiger partial charge in [0.05, 0.1) is 0 Å². The molecule has 84 valence electrons. The predicted molar refractivity (Wildman–Crippen MR) is 45.7 cm³/mol. The van der Waals surface area contributed by atoms with Crippen LogP contribution in [-0.2, 0) is 5.33 Å². The van der Waals surface area contributed by atoms with E-state index in [9.17, 15) is 22.0 Å². The summed E-state index contributed by atoms with van der Waals surface area (Å²) in [5.74, 6) is -3.33. The Bertz CT molecular complexity index is 363. The van der Waals surface area contributed by atoms with E-state index in [0.717, 1.165) is 0 Å². The van der Waals surface area contributed by atoms with Crippen LogP contribution in [0.4, 0.5) is 22.0 Å². The molecular weight excluding hydrogens is 287 g/mol. The predicted octanol–water partition coefficient (Wildman–Crippen LogP) is 3.76. The number of halogens is 6. The molecule has 0 bridgehead atoms. The third-order valence-corrected chi connectivity index (χ3v) is 2.07. The summed E-state index contributed by atoms with van der Waals surface area (Å²) < 4.78 is 64.7. The SMILES string of the molecule is Fc1ccc(OC(F)(F)F)c(F)c1CBr. The molecule has 0 fully saturated rings. The Hall–Kier alpha value is -0.850. The zero-order valence-electron chi connectivity index (χ0n) is 7.04. The lowest BCUT2D eigenvalue weighted by Gasteiger charge is -2.11. The van der Waals surface area contributed by atoms with Crippen molar-refractivity contribution in [1.82, 2.24) is 0 Å². The Kier molecular flexibility index (Phi) is 3.54. The molecule has 0 aliphatic carbocycles. The van der Waals surface area contributed by atoms with Crippen LogP contribution in [0.25, 0.3) is 0 Å². The first kappa shape index (κ1) is 12.2. The molecular formula is C8H4BrF5O. The van der Waals surface area contributed by atoms with Gasteiger partial charge in [-0.25, -0.2) is 8.78 Å². The molecule has 1 nitrogen and oxygen atoms in total. The zero-order valence-corrected chi connectivity index (χ0v) is 8.62. The Morgan fingerprint density at radius 3 is 2.27 bits per heavy atom. The van der Waals surface area contributed by atoms with E-state index in [1.807, 2.05) is 0 Å². The molecule has 1 aromatic carbocycles. The van der Waals surface area contributed by atoms with Gasteiger partial charge in [0.15, 0.2) is 11.6 Å². The maximum Gasteiger partial charge on any atom is 0.573 e. The number of benzene rings is 1. The molecule has 1 aromatic rings. The average molecular weight is 291 g/mol. The second-order valence-electron chi connectivity index (χ2n) is 2.52. The fourth-order valence-electron chi connectivity index (χ4n) is 0.902. The Morgan fingerprint density at radius 2 is 1.80 bits per heavy atom. The zero-order chi connectivity index (χ0) is 11.6. The van der Waals surface area contributed by atoms with Gasteiger partial charge in [0.1, 0.15) is 5.82 Å². The topological polar surface area (TPSA) is 9.23 Å². The first-order chi connectivity index (χ1) is 6.85. The van der Waals surface area contributed by atoms with Crippen molar-refractivity contribution in [2.45, 2.75) is 11.7 Å². The first-order valence-corrected chi connectivity index (χ1v) is 4.76. The summed E-state index contributed by atoms with van der Waals surface area (Å²) >= 11 is 2.76. The van der Waals surface area contributed by atoms with Gasteiger partial charge in [0, 0.05) is 10.9 Å². The van der Waals surface area contributed by atoms with Gasteiger partial charge < -0.3 is 4.74 Å². The van der Waals surface area contributed by atoms with Crippen LogP contribution in [0.3, 0.4) is 0 Å². The van der Waals surface area contributed by atoms with Crippen molar-refractivity contribution < 1.29 is 26.7 Å². The standard InChI is InChI=1S/C8H4BrF5O/c9-3-4-5(10)1-2-6(7(4)11)15-8(12,13)14/h1-2H,3H2. The molecule has 0 unspecified atom stereocenters. The van der Waals surface area contributed by atoms with Crippen molar-refractivity contribution in [1.29, 1.82) is 0 Å². The van der Waals surface area contributed by atoms with Gasteiger partial charge in [-0.05, 0) is 12.1 Å². The first-order valence-electron chi connectivity index (χ1n) is 3.63. The molecule has 0 heterocycles. The van der Waals surface area contributed by atoms with Crippen molar-refractivity contribution in [3.8, 4) is 5.75 Å². The van der Waals surface area contributed by atoms with Gasteiger partial charge in [-0.15, -0.1) is 13.2 Å². The van der Waals surface area contributed by atoms with Crippen LogP contribution < -0.4 is 4.74 Å². The minimum Gasteiger partial charge on any atom is -0.403 e. The summed E-state index contributed by atoms with van der Waals surface area (Å²) in [5.41, 5.74) is -0.503. The van der Waals surface area contributed by atoms with E-state index in [0.29, 0.717) is 12.1 Å². The second kappa shape index (κ2) is 4.34. The molecule has 0 aromatic heterocycles. The molecule has 0 amide bonds. The van der Waals surface area contributed by atoms with Crippen LogP contribution in [0.5, 0.6) is 5.75 Å². The average Bonchev–Trinajstić information content (AvgIpc) is 2.09. The summed E-state index contributed by atoms with van der Waals surface area (Å²) in [4.78, 5) is 0. The molecule has 0 aliphatic heterocycles. The monoisotopic (exact) mass is 290 g/mol. The molecule has 0 N–H and O–H groups in total. The van der Waals surface area contributed by atoms with Crippen LogP contribution in [0, 0.1) is 11.6 Å². The van der Waals surface area contributed by atoms with Gasteiger partial charge in [-0.3, -0.25) is 0 Å². The molecule has 7 heteroatoms. The lowest BCUT2D eigenvalue weighted by molar-refractivity contribution is -0.275. The summed E-state index contributed by atoms with van der Waals surface area (Å²) in [6.45, 7) is 0. The largest absolute Gasteiger partial charge is 0.573 e. The number of rotatable bonds is 2. The fourth-order valence-corrected chi connectivity index (χ4v) is 1.42. The van der Waals surface area contributed by atoms with E-state index in [-0.39, 0.29) is 5.33 Å². The van der Waals surface area contributed by atoms with Gasteiger partial charge in [0.2, 0.25) is 0 Å². The van der Waals surface area contributed by atoms with E-state index < -0.39 is 29.3 Å². The Labute approximate surface area is 90.0 Å².